The van der Waals surface area contributed by atoms with Crippen molar-refractivity contribution >= 4 is 0 Å². The van der Waals surface area contributed by atoms with Crippen molar-refractivity contribution in [1.29, 1.82) is 0 Å². The van der Waals surface area contributed by atoms with Gasteiger partial charge in [0.05, 0.1) is 0 Å². The van der Waals surface area contributed by atoms with Crippen LogP contribution in [0.15, 0.2) is 29.9 Å². The maximum atomic E-state index is 3.04. The molecule has 0 spiro atoms. The average Bonchev–Trinajstić information content (AvgIpc) is 2.50. The van der Waals surface area contributed by atoms with Gasteiger partial charge in [0.2, 0.25) is 0 Å². The first-order chi connectivity index (χ1) is 5.43. The van der Waals surface area contributed by atoms with E-state index in [1.165, 1.54) is 31.3 Å². The maximum absolute atomic E-state index is 3.04. The van der Waals surface area contributed by atoms with E-state index in [1.807, 2.05) is 12.2 Å². The van der Waals surface area contributed by atoms with Crippen molar-refractivity contribution in [3.8, 4) is 0 Å². The minimum atomic E-state index is 0. The molecule has 0 radical (unpaired) electrons. The van der Waals surface area contributed by atoms with Crippen molar-refractivity contribution in [2.24, 2.45) is 0 Å². The Kier molecular flexibility index (Phi) is 8.55. The molecule has 0 saturated carbocycles. The van der Waals surface area contributed by atoms with E-state index in [4.69, 9.17) is 0 Å². The third-order valence-electron chi connectivity index (χ3n) is 1.81. The van der Waals surface area contributed by atoms with Crippen molar-refractivity contribution in [3.05, 3.63) is 36.0 Å². The minimum Gasteiger partial charge on any atom is -0.208 e. The molecule has 0 atom stereocenters. The number of allylic oxidation sites excluding steroid dienone is 6. The smallest absolute Gasteiger partial charge is 0 e. The first-order valence-corrected chi connectivity index (χ1v) is 4.39. The topological polar surface area (TPSA) is 0 Å². The Bertz CT molecular complexity index is 173. The van der Waals surface area contributed by atoms with Crippen LogP contribution in [-0.4, -0.2) is 0 Å². The molecule has 0 nitrogen and oxygen atoms in total. The van der Waals surface area contributed by atoms with E-state index in [0.717, 1.165) is 0 Å². The molecule has 1 aliphatic carbocycles. The molecule has 0 heterocycles. The van der Waals surface area contributed by atoms with Crippen molar-refractivity contribution in [1.82, 2.24) is 0 Å². The summed E-state index contributed by atoms with van der Waals surface area (Å²) in [5, 5.41) is 0. The summed E-state index contributed by atoms with van der Waals surface area (Å²) < 4.78 is 0. The normalized spacial score (nSPS) is 16.9. The maximum Gasteiger partial charge on any atom is 0 e. The summed E-state index contributed by atoms with van der Waals surface area (Å²) in [6, 6.07) is 0. The summed E-state index contributed by atoms with van der Waals surface area (Å²) in [5.41, 5.74) is 1.32. The van der Waals surface area contributed by atoms with Crippen molar-refractivity contribution < 1.29 is 40.4 Å². The summed E-state index contributed by atoms with van der Waals surface area (Å²) in [5.74, 6) is 0. The Morgan fingerprint density at radius 2 is 2.25 bits per heavy atom. The number of unbranched alkanes of at least 4 members (excludes halogenated alkanes) is 3. The molecule has 0 amide bonds. The van der Waals surface area contributed by atoms with Gasteiger partial charge in [-0.05, 0) is 6.42 Å². The molecule has 0 bridgehead atoms. The molecule has 66 valence electrons. The average molecular weight is 298 g/mol. The molecule has 1 heteroatoms. The molecule has 0 N–H and O–H groups in total. The van der Waals surface area contributed by atoms with Gasteiger partial charge in [-0.25, -0.2) is 6.08 Å². The van der Waals surface area contributed by atoms with Crippen LogP contribution in [0.4, 0.5) is 0 Å². The quantitative estimate of drug-likeness (QED) is 0.551. The van der Waals surface area contributed by atoms with E-state index < -0.39 is 0 Å². The van der Waals surface area contributed by atoms with Crippen LogP contribution in [0.1, 0.15) is 32.6 Å². The molecule has 0 aromatic rings. The van der Waals surface area contributed by atoms with Gasteiger partial charge in [-0.1, -0.05) is 26.2 Å². The van der Waals surface area contributed by atoms with Gasteiger partial charge in [0.15, 0.2) is 0 Å². The van der Waals surface area contributed by atoms with Gasteiger partial charge in [-0.3, -0.25) is 0 Å². The Balaban J connectivity index is 0.00000121. The molecule has 1 rings (SSSR count). The number of hydrogen-bond donors (Lipinski definition) is 0. The molecule has 0 aromatic carbocycles. The molecule has 0 fully saturated rings. The fourth-order valence-electron chi connectivity index (χ4n) is 1.13. The summed E-state index contributed by atoms with van der Waals surface area (Å²) in [4.78, 5) is 0. The Morgan fingerprint density at radius 1 is 1.42 bits per heavy atom. The predicted molar refractivity (Wildman–Crippen MR) is 49.2 cm³/mol. The van der Waals surface area contributed by atoms with Gasteiger partial charge >= 0.3 is 0 Å². The molecule has 0 aromatic heterocycles. The molecular formula is C11H15Sm-. The van der Waals surface area contributed by atoms with Crippen LogP contribution in [0.5, 0.6) is 0 Å². The predicted octanol–water partition coefficient (Wildman–Crippen LogP) is 3.42. The van der Waals surface area contributed by atoms with Crippen LogP contribution in [0.2, 0.25) is 0 Å². The largest absolute Gasteiger partial charge is 0.208 e. The standard InChI is InChI=1S/C11H15.Sm/c1-2-3-4-5-8-11-9-6-7-10-11;/h6,8-10H,2-5H2,1H3;/q-1;/b11-8-;. The van der Waals surface area contributed by atoms with Gasteiger partial charge in [-0.2, -0.15) is 23.8 Å². The van der Waals surface area contributed by atoms with Crippen molar-refractivity contribution in [2.45, 2.75) is 32.6 Å². The fraction of sp³-hybridized carbons (Fsp3) is 0.455. The van der Waals surface area contributed by atoms with E-state index in [9.17, 15) is 0 Å². The molecule has 0 unspecified atom stereocenters. The molecular weight excluding hydrogens is 282 g/mol. The second-order valence-electron chi connectivity index (χ2n) is 2.84. The minimum absolute atomic E-state index is 0. The van der Waals surface area contributed by atoms with Crippen LogP contribution in [0.3, 0.4) is 0 Å². The second kappa shape index (κ2) is 8.17. The van der Waals surface area contributed by atoms with Crippen LogP contribution >= 0.6 is 0 Å². The van der Waals surface area contributed by atoms with Gasteiger partial charge in [0, 0.05) is 40.4 Å². The number of hydrogen-bond acceptors (Lipinski definition) is 0. The monoisotopic (exact) mass is 299 g/mol. The first kappa shape index (κ1) is 12.6. The summed E-state index contributed by atoms with van der Waals surface area (Å²) in [7, 11) is 0. The fourth-order valence-corrected chi connectivity index (χ4v) is 1.13. The van der Waals surface area contributed by atoms with Crippen molar-refractivity contribution in [2.75, 3.05) is 0 Å². The van der Waals surface area contributed by atoms with E-state index in [-0.39, 0.29) is 40.4 Å². The first-order valence-electron chi connectivity index (χ1n) is 4.39. The van der Waals surface area contributed by atoms with Crippen LogP contribution in [0.25, 0.3) is 0 Å². The Labute approximate surface area is 108 Å². The molecule has 12 heavy (non-hydrogen) atoms. The van der Waals surface area contributed by atoms with Gasteiger partial charge in [-0.15, -0.1) is 6.08 Å². The van der Waals surface area contributed by atoms with E-state index >= 15 is 0 Å². The van der Waals surface area contributed by atoms with Crippen LogP contribution in [-0.2, 0) is 0 Å². The van der Waals surface area contributed by atoms with Gasteiger partial charge in [0.25, 0.3) is 0 Å². The Morgan fingerprint density at radius 3 is 2.83 bits per heavy atom. The molecule has 0 aliphatic heterocycles. The van der Waals surface area contributed by atoms with E-state index in [1.54, 1.807) is 0 Å². The third-order valence-corrected chi connectivity index (χ3v) is 1.81. The van der Waals surface area contributed by atoms with Crippen LogP contribution in [0, 0.1) is 46.5 Å². The second-order valence-corrected chi connectivity index (χ2v) is 2.84. The molecule has 1 aliphatic rings. The SMILES string of the molecule is CCCCC/C=C1\C=[C-]C=C1.[Sm]. The van der Waals surface area contributed by atoms with Gasteiger partial charge < -0.3 is 0 Å². The third kappa shape index (κ3) is 5.25. The zero-order valence-electron chi connectivity index (χ0n) is 7.55. The zero-order valence-corrected chi connectivity index (χ0v) is 10.2. The van der Waals surface area contributed by atoms with E-state index in [2.05, 4.69) is 25.2 Å². The van der Waals surface area contributed by atoms with E-state index in [0.29, 0.717) is 0 Å². The number of rotatable bonds is 4. The summed E-state index contributed by atoms with van der Waals surface area (Å²) in [6.07, 6.45) is 16.6. The zero-order chi connectivity index (χ0) is 7.94. The summed E-state index contributed by atoms with van der Waals surface area (Å²) >= 11 is 0. The Hall–Kier alpha value is 0.558. The van der Waals surface area contributed by atoms with Gasteiger partial charge in [0.1, 0.15) is 0 Å². The summed E-state index contributed by atoms with van der Waals surface area (Å²) in [6.45, 7) is 2.23. The van der Waals surface area contributed by atoms with Crippen molar-refractivity contribution in [3.63, 3.8) is 0 Å². The molecule has 0 saturated heterocycles. The van der Waals surface area contributed by atoms with Crippen LogP contribution < -0.4 is 0 Å².